The average molecular weight is 294 g/mol. The van der Waals surface area contributed by atoms with Crippen molar-refractivity contribution in [2.45, 2.75) is 38.9 Å². The lowest BCUT2D eigenvalue weighted by atomic mass is 9.99. The van der Waals surface area contributed by atoms with Gasteiger partial charge in [-0.05, 0) is 38.0 Å². The van der Waals surface area contributed by atoms with Gasteiger partial charge in [0.1, 0.15) is 12.0 Å². The van der Waals surface area contributed by atoms with E-state index in [4.69, 9.17) is 4.74 Å². The molecular formula is C16H23FN2O2. The number of nitrogens with one attached hydrogen (secondary N) is 1. The van der Waals surface area contributed by atoms with Gasteiger partial charge in [0.15, 0.2) is 0 Å². The Bertz CT molecular complexity index is 492. The molecule has 1 saturated heterocycles. The van der Waals surface area contributed by atoms with Crippen molar-refractivity contribution in [2.75, 3.05) is 19.8 Å². The van der Waals surface area contributed by atoms with Gasteiger partial charge in [-0.25, -0.2) is 4.39 Å². The lowest BCUT2D eigenvalue weighted by molar-refractivity contribution is -0.133. The number of carbonyl (C=O) groups excluding carboxylic acids is 1. The minimum absolute atomic E-state index is 0.0685. The Morgan fingerprint density at radius 2 is 2.00 bits per heavy atom. The van der Waals surface area contributed by atoms with Gasteiger partial charge in [0.25, 0.3) is 0 Å². The zero-order valence-corrected chi connectivity index (χ0v) is 12.9. The van der Waals surface area contributed by atoms with E-state index in [-0.39, 0.29) is 17.9 Å². The Morgan fingerprint density at radius 3 is 2.57 bits per heavy atom. The zero-order valence-electron chi connectivity index (χ0n) is 12.9. The van der Waals surface area contributed by atoms with Crippen molar-refractivity contribution in [1.82, 2.24) is 10.2 Å². The van der Waals surface area contributed by atoms with Crippen molar-refractivity contribution in [2.24, 2.45) is 0 Å². The maximum Gasteiger partial charge on any atom is 0.244 e. The average Bonchev–Trinajstić information content (AvgIpc) is 2.74. The van der Waals surface area contributed by atoms with Crippen molar-refractivity contribution in [1.29, 1.82) is 0 Å². The molecule has 2 atom stereocenters. The molecular weight excluding hydrogens is 271 g/mol. The molecule has 1 aliphatic heterocycles. The summed E-state index contributed by atoms with van der Waals surface area (Å²) in [6.07, 6.45) is 0.470. The first-order valence-corrected chi connectivity index (χ1v) is 7.43. The third-order valence-corrected chi connectivity index (χ3v) is 4.07. The molecule has 1 fully saturated rings. The van der Waals surface area contributed by atoms with E-state index in [1.807, 2.05) is 20.8 Å². The first-order chi connectivity index (χ1) is 10.0. The number of ether oxygens (including phenoxy) is 1. The predicted octanol–water partition coefficient (Wildman–Crippen LogP) is 2.46. The number of rotatable bonds is 6. The Balaban J connectivity index is 2.23. The van der Waals surface area contributed by atoms with E-state index in [0.29, 0.717) is 26.2 Å². The van der Waals surface area contributed by atoms with Gasteiger partial charge in [-0.1, -0.05) is 19.1 Å². The van der Waals surface area contributed by atoms with Crippen LogP contribution in [0.1, 0.15) is 38.9 Å². The predicted molar refractivity (Wildman–Crippen MR) is 79.2 cm³/mol. The molecule has 1 heterocycles. The van der Waals surface area contributed by atoms with Crippen LogP contribution in [-0.4, -0.2) is 36.1 Å². The number of halogens is 1. The summed E-state index contributed by atoms with van der Waals surface area (Å²) in [4.78, 5) is 14.4. The molecule has 0 bridgehead atoms. The highest BCUT2D eigenvalue weighted by atomic mass is 19.1. The Hall–Kier alpha value is -1.46. The van der Waals surface area contributed by atoms with Crippen molar-refractivity contribution in [3.8, 4) is 0 Å². The lowest BCUT2D eigenvalue weighted by Gasteiger charge is -2.24. The smallest absolute Gasteiger partial charge is 0.244 e. The fourth-order valence-corrected chi connectivity index (χ4v) is 2.58. The molecule has 116 valence electrons. The Labute approximate surface area is 125 Å². The SMILES string of the molecule is CCOCCN1C(=O)C(C)(CC)NC1c1ccc(F)cc1. The van der Waals surface area contributed by atoms with Crippen LogP contribution in [0.4, 0.5) is 4.39 Å². The number of carbonyl (C=O) groups is 1. The number of amides is 1. The molecule has 21 heavy (non-hydrogen) atoms. The second-order valence-corrected chi connectivity index (χ2v) is 5.48. The molecule has 2 rings (SSSR count). The van der Waals surface area contributed by atoms with Gasteiger partial charge < -0.3 is 9.64 Å². The highest BCUT2D eigenvalue weighted by molar-refractivity contribution is 5.88. The summed E-state index contributed by atoms with van der Waals surface area (Å²) >= 11 is 0. The molecule has 0 radical (unpaired) electrons. The quantitative estimate of drug-likeness (QED) is 0.820. The van der Waals surface area contributed by atoms with Crippen molar-refractivity contribution in [3.05, 3.63) is 35.6 Å². The van der Waals surface area contributed by atoms with E-state index >= 15 is 0 Å². The Morgan fingerprint density at radius 1 is 1.33 bits per heavy atom. The number of hydrogen-bond donors (Lipinski definition) is 1. The van der Waals surface area contributed by atoms with Crippen LogP contribution in [0.2, 0.25) is 0 Å². The first-order valence-electron chi connectivity index (χ1n) is 7.43. The number of nitrogens with zero attached hydrogens (tertiary/aromatic N) is 1. The van der Waals surface area contributed by atoms with Gasteiger partial charge in [0.2, 0.25) is 5.91 Å². The number of hydrogen-bond acceptors (Lipinski definition) is 3. The van der Waals surface area contributed by atoms with Gasteiger partial charge in [0.05, 0.1) is 12.1 Å². The highest BCUT2D eigenvalue weighted by Gasteiger charge is 2.46. The van der Waals surface area contributed by atoms with Crippen molar-refractivity contribution in [3.63, 3.8) is 0 Å². The van der Waals surface area contributed by atoms with E-state index in [0.717, 1.165) is 5.56 Å². The molecule has 0 aliphatic carbocycles. The summed E-state index contributed by atoms with van der Waals surface area (Å²) in [6.45, 7) is 7.48. The van der Waals surface area contributed by atoms with Crippen LogP contribution in [0, 0.1) is 5.82 Å². The molecule has 2 unspecified atom stereocenters. The molecule has 1 aromatic rings. The third kappa shape index (κ3) is 3.24. The molecule has 5 heteroatoms. The van der Waals surface area contributed by atoms with Crippen LogP contribution in [0.3, 0.4) is 0 Å². The first kappa shape index (κ1) is 15.9. The topological polar surface area (TPSA) is 41.6 Å². The standard InChI is InChI=1S/C16H23FN2O2/c1-4-16(3)15(20)19(10-11-21-5-2)14(18-16)12-6-8-13(17)9-7-12/h6-9,14,18H,4-5,10-11H2,1-3H3. The van der Waals surface area contributed by atoms with Crippen LogP contribution in [-0.2, 0) is 9.53 Å². The van der Waals surface area contributed by atoms with Crippen molar-refractivity contribution < 1.29 is 13.9 Å². The van der Waals surface area contributed by atoms with Gasteiger partial charge in [-0.3, -0.25) is 10.1 Å². The van der Waals surface area contributed by atoms with Crippen LogP contribution < -0.4 is 5.32 Å². The van der Waals surface area contributed by atoms with E-state index in [9.17, 15) is 9.18 Å². The summed E-state index contributed by atoms with van der Waals surface area (Å²) in [5, 5.41) is 3.38. The second kappa shape index (κ2) is 6.54. The lowest BCUT2D eigenvalue weighted by Crippen LogP contribution is -2.43. The number of benzene rings is 1. The maximum absolute atomic E-state index is 13.1. The molecule has 0 aromatic heterocycles. The molecule has 1 aromatic carbocycles. The maximum atomic E-state index is 13.1. The molecule has 0 saturated carbocycles. The molecule has 0 spiro atoms. The molecule has 1 N–H and O–H groups in total. The minimum Gasteiger partial charge on any atom is -0.380 e. The summed E-state index contributed by atoms with van der Waals surface area (Å²) in [5.41, 5.74) is 0.309. The zero-order chi connectivity index (χ0) is 15.5. The van der Waals surface area contributed by atoms with E-state index < -0.39 is 5.54 Å². The fraction of sp³-hybridized carbons (Fsp3) is 0.562. The summed E-state index contributed by atoms with van der Waals surface area (Å²) in [7, 11) is 0. The highest BCUT2D eigenvalue weighted by Crippen LogP contribution is 2.32. The molecule has 1 amide bonds. The minimum atomic E-state index is -0.578. The summed E-state index contributed by atoms with van der Waals surface area (Å²) in [5.74, 6) is -0.207. The molecule has 1 aliphatic rings. The van der Waals surface area contributed by atoms with Crippen LogP contribution in [0.15, 0.2) is 24.3 Å². The van der Waals surface area contributed by atoms with Gasteiger partial charge in [-0.15, -0.1) is 0 Å². The largest absolute Gasteiger partial charge is 0.380 e. The van der Waals surface area contributed by atoms with Gasteiger partial charge in [0, 0.05) is 13.2 Å². The van der Waals surface area contributed by atoms with E-state index in [1.54, 1.807) is 17.0 Å². The van der Waals surface area contributed by atoms with Crippen LogP contribution >= 0.6 is 0 Å². The van der Waals surface area contributed by atoms with E-state index in [1.165, 1.54) is 12.1 Å². The summed E-state index contributed by atoms with van der Waals surface area (Å²) in [6, 6.07) is 6.28. The monoisotopic (exact) mass is 294 g/mol. The fourth-order valence-electron chi connectivity index (χ4n) is 2.58. The van der Waals surface area contributed by atoms with Crippen LogP contribution in [0.5, 0.6) is 0 Å². The van der Waals surface area contributed by atoms with Crippen molar-refractivity contribution >= 4 is 5.91 Å². The van der Waals surface area contributed by atoms with E-state index in [2.05, 4.69) is 5.32 Å². The normalized spacial score (nSPS) is 25.6. The second-order valence-electron chi connectivity index (χ2n) is 5.48. The Kier molecular flexibility index (Phi) is 4.96. The van der Waals surface area contributed by atoms with Crippen LogP contribution in [0.25, 0.3) is 0 Å². The van der Waals surface area contributed by atoms with Gasteiger partial charge in [-0.2, -0.15) is 0 Å². The van der Waals surface area contributed by atoms with Gasteiger partial charge >= 0.3 is 0 Å². The third-order valence-electron chi connectivity index (χ3n) is 4.07. The molecule has 4 nitrogen and oxygen atoms in total. The summed E-state index contributed by atoms with van der Waals surface area (Å²) < 4.78 is 18.5.